The Kier molecular flexibility index (Phi) is 3.15. The summed E-state index contributed by atoms with van der Waals surface area (Å²) in [5, 5.41) is 0. The van der Waals surface area contributed by atoms with E-state index in [9.17, 15) is 26.3 Å². The van der Waals surface area contributed by atoms with E-state index in [1.54, 1.807) is 0 Å². The predicted octanol–water partition coefficient (Wildman–Crippen LogP) is 5.84. The van der Waals surface area contributed by atoms with Crippen LogP contribution in [-0.2, 0) is 5.41 Å². The van der Waals surface area contributed by atoms with Gasteiger partial charge in [0, 0.05) is 4.47 Å². The van der Waals surface area contributed by atoms with Crippen molar-refractivity contribution in [3.05, 3.63) is 58.1 Å². The van der Waals surface area contributed by atoms with E-state index in [0.29, 0.717) is 0 Å². The minimum Gasteiger partial charge on any atom is -0.169 e. The van der Waals surface area contributed by atoms with Gasteiger partial charge in [-0.25, -0.2) is 0 Å². The molecule has 0 radical (unpaired) electrons. The molecule has 0 heterocycles. The van der Waals surface area contributed by atoms with Crippen molar-refractivity contribution in [3.63, 3.8) is 0 Å². The Morgan fingerprint density at radius 1 is 0.727 bits per heavy atom. The summed E-state index contributed by atoms with van der Waals surface area (Å²) < 4.78 is 82.2. The van der Waals surface area contributed by atoms with Crippen LogP contribution in [0, 0.1) is 0 Å². The van der Waals surface area contributed by atoms with Crippen LogP contribution >= 0.6 is 15.9 Å². The van der Waals surface area contributed by atoms with Gasteiger partial charge in [0.15, 0.2) is 0 Å². The topological polar surface area (TPSA) is 0 Å². The van der Waals surface area contributed by atoms with Crippen LogP contribution in [0.25, 0.3) is 11.1 Å². The highest BCUT2D eigenvalue weighted by molar-refractivity contribution is 9.10. The molecule has 0 aromatic heterocycles. The summed E-state index contributed by atoms with van der Waals surface area (Å²) in [7, 11) is 0. The smallest absolute Gasteiger partial charge is 0.169 e. The lowest BCUT2D eigenvalue weighted by molar-refractivity contribution is -0.287. The molecule has 0 spiro atoms. The molecule has 0 bridgehead atoms. The molecule has 116 valence electrons. The Morgan fingerprint density at radius 3 is 1.86 bits per heavy atom. The molecule has 1 aliphatic rings. The fourth-order valence-electron chi connectivity index (χ4n) is 3.02. The Bertz CT molecular complexity index is 730. The molecule has 0 fully saturated rings. The van der Waals surface area contributed by atoms with Gasteiger partial charge in [-0.2, -0.15) is 26.3 Å². The maximum Gasteiger partial charge on any atom is 0.411 e. The molecule has 0 saturated carbocycles. The Morgan fingerprint density at radius 2 is 1.27 bits per heavy atom. The van der Waals surface area contributed by atoms with Crippen LogP contribution in [0.2, 0.25) is 0 Å². The van der Waals surface area contributed by atoms with E-state index in [4.69, 9.17) is 0 Å². The van der Waals surface area contributed by atoms with Crippen molar-refractivity contribution < 1.29 is 26.3 Å². The second-order valence-electron chi connectivity index (χ2n) is 4.98. The normalized spacial score (nSPS) is 16.3. The molecule has 7 heteroatoms. The van der Waals surface area contributed by atoms with Crippen molar-refractivity contribution in [2.75, 3.05) is 0 Å². The minimum absolute atomic E-state index is 0.0420. The van der Waals surface area contributed by atoms with E-state index in [2.05, 4.69) is 15.9 Å². The fourth-order valence-corrected chi connectivity index (χ4v) is 3.38. The molecule has 2 aromatic carbocycles. The second kappa shape index (κ2) is 4.50. The Labute approximate surface area is 129 Å². The lowest BCUT2D eigenvalue weighted by Crippen LogP contribution is -2.53. The zero-order chi connectivity index (χ0) is 16.3. The molecule has 0 N–H and O–H groups in total. The molecule has 1 aliphatic carbocycles. The van der Waals surface area contributed by atoms with Gasteiger partial charge in [0.05, 0.1) is 0 Å². The number of benzene rings is 2. The number of fused-ring (bicyclic) bond motifs is 3. The van der Waals surface area contributed by atoms with Gasteiger partial charge in [0.25, 0.3) is 0 Å². The van der Waals surface area contributed by atoms with Crippen LogP contribution in [-0.4, -0.2) is 12.4 Å². The quantitative estimate of drug-likeness (QED) is 0.503. The van der Waals surface area contributed by atoms with Gasteiger partial charge in [-0.15, -0.1) is 0 Å². The monoisotopic (exact) mass is 380 g/mol. The standard InChI is InChI=1S/C15H7BrF6/c16-8-5-6-10-9-3-1-2-4-11(9)13(12(10)7-8,14(17,18)19)15(20,21)22/h1-7H. The van der Waals surface area contributed by atoms with Crippen molar-refractivity contribution >= 4 is 15.9 Å². The highest BCUT2D eigenvalue weighted by Gasteiger charge is 2.75. The number of hydrogen-bond acceptors (Lipinski definition) is 0. The number of hydrogen-bond donors (Lipinski definition) is 0. The van der Waals surface area contributed by atoms with E-state index in [0.717, 1.165) is 12.1 Å². The van der Waals surface area contributed by atoms with Gasteiger partial charge >= 0.3 is 12.4 Å². The Balaban J connectivity index is 2.52. The highest BCUT2D eigenvalue weighted by Crippen LogP contribution is 2.63. The first-order valence-electron chi connectivity index (χ1n) is 6.14. The number of alkyl halides is 6. The predicted molar refractivity (Wildman–Crippen MR) is 72.5 cm³/mol. The van der Waals surface area contributed by atoms with Crippen LogP contribution in [0.3, 0.4) is 0 Å². The lowest BCUT2D eigenvalue weighted by Gasteiger charge is -2.35. The summed E-state index contributed by atoms with van der Waals surface area (Å²) in [5.74, 6) is 0. The average molecular weight is 381 g/mol. The fraction of sp³-hybridized carbons (Fsp3) is 0.200. The van der Waals surface area contributed by atoms with E-state index in [1.165, 1.54) is 30.3 Å². The van der Waals surface area contributed by atoms with Crippen molar-refractivity contribution in [1.29, 1.82) is 0 Å². The number of halogens is 7. The first kappa shape index (κ1) is 15.4. The third kappa shape index (κ3) is 1.77. The van der Waals surface area contributed by atoms with Gasteiger partial charge in [0.1, 0.15) is 0 Å². The van der Waals surface area contributed by atoms with Crippen molar-refractivity contribution in [1.82, 2.24) is 0 Å². The maximum absolute atomic E-state index is 13.7. The third-order valence-corrected chi connectivity index (χ3v) is 4.35. The molecule has 22 heavy (non-hydrogen) atoms. The average Bonchev–Trinajstić information content (AvgIpc) is 2.67. The van der Waals surface area contributed by atoms with Crippen LogP contribution in [0.5, 0.6) is 0 Å². The molecular weight excluding hydrogens is 374 g/mol. The van der Waals surface area contributed by atoms with Crippen LogP contribution in [0.4, 0.5) is 26.3 Å². The highest BCUT2D eigenvalue weighted by atomic mass is 79.9. The molecule has 0 nitrogen and oxygen atoms in total. The van der Waals surface area contributed by atoms with Gasteiger partial charge in [-0.1, -0.05) is 46.3 Å². The molecule has 0 aliphatic heterocycles. The van der Waals surface area contributed by atoms with E-state index in [1.807, 2.05) is 0 Å². The maximum atomic E-state index is 13.7. The second-order valence-corrected chi connectivity index (χ2v) is 5.90. The minimum atomic E-state index is -5.51. The van der Waals surface area contributed by atoms with Crippen LogP contribution in [0.15, 0.2) is 46.9 Å². The zero-order valence-electron chi connectivity index (χ0n) is 10.7. The molecule has 0 unspecified atom stereocenters. The summed E-state index contributed by atoms with van der Waals surface area (Å²) in [6, 6.07) is 8.39. The van der Waals surface area contributed by atoms with Crippen molar-refractivity contribution in [3.8, 4) is 11.1 Å². The van der Waals surface area contributed by atoms with E-state index in [-0.39, 0.29) is 15.6 Å². The van der Waals surface area contributed by atoms with Crippen molar-refractivity contribution in [2.45, 2.75) is 17.8 Å². The molecule has 0 saturated heterocycles. The molecular formula is C15H7BrF6. The SMILES string of the molecule is FC(F)(F)C1(C(F)(F)F)c2ccccc2-c2ccc(Br)cc21. The van der Waals surface area contributed by atoms with E-state index >= 15 is 0 Å². The summed E-state index contributed by atoms with van der Waals surface area (Å²) in [6.45, 7) is 0. The zero-order valence-corrected chi connectivity index (χ0v) is 12.3. The van der Waals surface area contributed by atoms with Gasteiger partial charge in [-0.3, -0.25) is 0 Å². The molecule has 0 atom stereocenters. The van der Waals surface area contributed by atoms with Crippen LogP contribution in [0.1, 0.15) is 11.1 Å². The van der Waals surface area contributed by atoms with Crippen LogP contribution < -0.4 is 0 Å². The number of rotatable bonds is 0. The summed E-state index contributed by atoms with van der Waals surface area (Å²) in [4.78, 5) is 0. The Hall–Kier alpha value is -1.50. The summed E-state index contributed by atoms with van der Waals surface area (Å²) >= 11 is 2.96. The summed E-state index contributed by atoms with van der Waals surface area (Å²) in [5.41, 5.74) is -5.66. The van der Waals surface area contributed by atoms with Gasteiger partial charge in [0.2, 0.25) is 5.41 Å². The lowest BCUT2D eigenvalue weighted by atomic mass is 9.76. The van der Waals surface area contributed by atoms with Gasteiger partial charge < -0.3 is 0 Å². The third-order valence-electron chi connectivity index (χ3n) is 3.86. The van der Waals surface area contributed by atoms with Crippen molar-refractivity contribution in [2.24, 2.45) is 0 Å². The first-order chi connectivity index (χ1) is 10.1. The van der Waals surface area contributed by atoms with E-state index < -0.39 is 28.9 Å². The molecule has 3 rings (SSSR count). The molecule has 2 aromatic rings. The first-order valence-corrected chi connectivity index (χ1v) is 6.93. The summed E-state index contributed by atoms with van der Waals surface area (Å²) in [6.07, 6.45) is -11.0. The largest absolute Gasteiger partial charge is 0.411 e. The van der Waals surface area contributed by atoms with Gasteiger partial charge in [-0.05, 0) is 34.4 Å². The molecule has 0 amide bonds.